The van der Waals surface area contributed by atoms with Crippen molar-refractivity contribution in [1.82, 2.24) is 24.6 Å². The molecule has 0 radical (unpaired) electrons. The highest BCUT2D eigenvalue weighted by atomic mass is 16.5. The maximum absolute atomic E-state index is 12.0. The zero-order valence-corrected chi connectivity index (χ0v) is 11.8. The summed E-state index contributed by atoms with van der Waals surface area (Å²) in [6, 6.07) is 7.37. The topological polar surface area (TPSA) is 77.9 Å². The first-order valence-corrected chi connectivity index (χ1v) is 6.49. The molecule has 1 amide bonds. The van der Waals surface area contributed by atoms with Crippen LogP contribution < -0.4 is 5.32 Å². The summed E-state index contributed by atoms with van der Waals surface area (Å²) in [5.41, 5.74) is 1.44. The first-order chi connectivity index (χ1) is 10.1. The van der Waals surface area contributed by atoms with Crippen LogP contribution >= 0.6 is 0 Å². The number of hydrogen-bond acceptors (Lipinski definition) is 4. The Balaban J connectivity index is 1.67. The number of aryl methyl sites for hydroxylation is 2. The van der Waals surface area contributed by atoms with Crippen LogP contribution in [0, 0.1) is 0 Å². The highest BCUT2D eigenvalue weighted by molar-refractivity contribution is 5.92. The zero-order chi connectivity index (χ0) is 14.8. The molecule has 108 valence electrons. The molecule has 0 aromatic carbocycles. The molecule has 0 aliphatic heterocycles. The lowest BCUT2D eigenvalue weighted by Crippen LogP contribution is -2.24. The predicted octanol–water partition coefficient (Wildman–Crippen LogP) is 1.34. The smallest absolute Gasteiger partial charge is 0.268 e. The number of carbonyl (C=O) groups is 1. The van der Waals surface area contributed by atoms with E-state index in [1.165, 1.54) is 0 Å². The molecule has 21 heavy (non-hydrogen) atoms. The van der Waals surface area contributed by atoms with Gasteiger partial charge in [-0.2, -0.15) is 4.98 Å². The Morgan fingerprint density at radius 3 is 2.67 bits per heavy atom. The van der Waals surface area contributed by atoms with Crippen molar-refractivity contribution in [1.29, 1.82) is 0 Å². The van der Waals surface area contributed by atoms with Gasteiger partial charge in [0.15, 0.2) is 0 Å². The summed E-state index contributed by atoms with van der Waals surface area (Å²) in [6.07, 6.45) is 3.72. The van der Waals surface area contributed by atoms with E-state index in [2.05, 4.69) is 15.5 Å². The average Bonchev–Trinajstić information content (AvgIpc) is 3.16. The van der Waals surface area contributed by atoms with Gasteiger partial charge in [-0.3, -0.25) is 4.79 Å². The van der Waals surface area contributed by atoms with E-state index >= 15 is 0 Å². The second kappa shape index (κ2) is 5.28. The van der Waals surface area contributed by atoms with E-state index in [0.717, 1.165) is 5.69 Å². The number of hydrogen-bond donors (Lipinski definition) is 1. The van der Waals surface area contributed by atoms with Crippen LogP contribution in [0.2, 0.25) is 0 Å². The van der Waals surface area contributed by atoms with E-state index in [1.54, 1.807) is 10.6 Å². The molecular weight excluding hydrogens is 270 g/mol. The fraction of sp³-hybridized carbons (Fsp3) is 0.214. The second-order valence-corrected chi connectivity index (χ2v) is 4.70. The third-order valence-corrected chi connectivity index (χ3v) is 3.22. The number of rotatable bonds is 4. The lowest BCUT2D eigenvalue weighted by atomic mass is 10.4. The van der Waals surface area contributed by atoms with Gasteiger partial charge in [-0.05, 0) is 24.3 Å². The number of nitrogens with one attached hydrogen (secondary N) is 1. The lowest BCUT2D eigenvalue weighted by Gasteiger charge is -2.03. The molecule has 0 saturated heterocycles. The molecule has 0 saturated carbocycles. The minimum atomic E-state index is -0.180. The fourth-order valence-corrected chi connectivity index (χ4v) is 2.07. The number of aromatic nitrogens is 4. The van der Waals surface area contributed by atoms with Gasteiger partial charge in [0.1, 0.15) is 5.69 Å². The van der Waals surface area contributed by atoms with Crippen molar-refractivity contribution in [3.8, 4) is 11.5 Å². The molecule has 0 fully saturated rings. The van der Waals surface area contributed by atoms with E-state index in [9.17, 15) is 4.79 Å². The molecule has 7 nitrogen and oxygen atoms in total. The summed E-state index contributed by atoms with van der Waals surface area (Å²) in [5.74, 6) is 0.695. The molecule has 0 unspecified atom stereocenters. The maximum Gasteiger partial charge on any atom is 0.268 e. The summed E-state index contributed by atoms with van der Waals surface area (Å²) in [7, 11) is 3.72. The third kappa shape index (κ3) is 2.58. The molecule has 7 heteroatoms. The largest absolute Gasteiger partial charge is 0.348 e. The SMILES string of the molecule is Cn1cccc1C(=O)NCc1nc(-c2cccn2C)no1. The molecule has 0 bridgehead atoms. The Kier molecular flexibility index (Phi) is 3.31. The minimum absolute atomic E-state index is 0.180. The zero-order valence-electron chi connectivity index (χ0n) is 11.8. The summed E-state index contributed by atoms with van der Waals surface area (Å²) in [6.45, 7) is 0.196. The van der Waals surface area contributed by atoms with Crippen LogP contribution in [0.1, 0.15) is 16.4 Å². The van der Waals surface area contributed by atoms with Crippen molar-refractivity contribution in [2.24, 2.45) is 14.1 Å². The fourth-order valence-electron chi connectivity index (χ4n) is 2.07. The van der Waals surface area contributed by atoms with Crippen LogP contribution in [-0.2, 0) is 20.6 Å². The van der Waals surface area contributed by atoms with E-state index in [1.807, 2.05) is 49.3 Å². The van der Waals surface area contributed by atoms with Gasteiger partial charge in [0.25, 0.3) is 5.91 Å². The van der Waals surface area contributed by atoms with Crippen LogP contribution in [0.25, 0.3) is 11.5 Å². The molecule has 1 N–H and O–H groups in total. The minimum Gasteiger partial charge on any atom is -0.348 e. The normalized spacial score (nSPS) is 10.8. The summed E-state index contributed by atoms with van der Waals surface area (Å²) in [5, 5.41) is 6.67. The summed E-state index contributed by atoms with van der Waals surface area (Å²) in [4.78, 5) is 16.2. The molecule has 0 spiro atoms. The first-order valence-electron chi connectivity index (χ1n) is 6.49. The van der Waals surface area contributed by atoms with Crippen molar-refractivity contribution in [3.05, 3.63) is 48.2 Å². The van der Waals surface area contributed by atoms with Crippen molar-refractivity contribution in [3.63, 3.8) is 0 Å². The van der Waals surface area contributed by atoms with Gasteiger partial charge in [0.05, 0.1) is 12.2 Å². The lowest BCUT2D eigenvalue weighted by molar-refractivity contribution is 0.0938. The predicted molar refractivity (Wildman–Crippen MR) is 75.3 cm³/mol. The molecule has 3 rings (SSSR count). The standard InChI is InChI=1S/C14H15N5O2/c1-18-7-3-5-10(18)13-16-12(21-17-13)9-15-14(20)11-6-4-8-19(11)2/h3-8H,9H2,1-2H3,(H,15,20). The van der Waals surface area contributed by atoms with Crippen molar-refractivity contribution in [2.45, 2.75) is 6.54 Å². The van der Waals surface area contributed by atoms with Gasteiger partial charge < -0.3 is 19.0 Å². The van der Waals surface area contributed by atoms with E-state index in [4.69, 9.17) is 4.52 Å². The first kappa shape index (κ1) is 13.2. The van der Waals surface area contributed by atoms with Gasteiger partial charge in [0, 0.05) is 26.5 Å². The van der Waals surface area contributed by atoms with Crippen LogP contribution in [0.15, 0.2) is 41.2 Å². The quantitative estimate of drug-likeness (QED) is 0.784. The molecular formula is C14H15N5O2. The second-order valence-electron chi connectivity index (χ2n) is 4.70. The Bertz CT molecular complexity index is 768. The molecule has 0 aliphatic carbocycles. The summed E-state index contributed by atoms with van der Waals surface area (Å²) >= 11 is 0. The van der Waals surface area contributed by atoms with Crippen LogP contribution in [0.4, 0.5) is 0 Å². The maximum atomic E-state index is 12.0. The highest BCUT2D eigenvalue weighted by Gasteiger charge is 2.13. The summed E-state index contributed by atoms with van der Waals surface area (Å²) < 4.78 is 8.79. The number of amides is 1. The number of nitrogens with zero attached hydrogens (tertiary/aromatic N) is 4. The van der Waals surface area contributed by atoms with Crippen molar-refractivity contribution in [2.75, 3.05) is 0 Å². The van der Waals surface area contributed by atoms with Crippen LogP contribution in [0.3, 0.4) is 0 Å². The number of carbonyl (C=O) groups excluding carboxylic acids is 1. The van der Waals surface area contributed by atoms with Crippen LogP contribution in [-0.4, -0.2) is 25.2 Å². The highest BCUT2D eigenvalue weighted by Crippen LogP contribution is 2.15. The van der Waals surface area contributed by atoms with Crippen molar-refractivity contribution >= 4 is 5.91 Å². The molecule has 0 aliphatic rings. The Labute approximate surface area is 121 Å². The Hall–Kier alpha value is -2.83. The van der Waals surface area contributed by atoms with Gasteiger partial charge in [-0.25, -0.2) is 0 Å². The van der Waals surface area contributed by atoms with Gasteiger partial charge in [-0.1, -0.05) is 5.16 Å². The molecule has 3 heterocycles. The van der Waals surface area contributed by atoms with E-state index in [0.29, 0.717) is 17.4 Å². The third-order valence-electron chi connectivity index (χ3n) is 3.22. The van der Waals surface area contributed by atoms with Crippen LogP contribution in [0.5, 0.6) is 0 Å². The Morgan fingerprint density at radius 1 is 1.24 bits per heavy atom. The van der Waals surface area contributed by atoms with Gasteiger partial charge in [0.2, 0.25) is 11.7 Å². The molecule has 3 aromatic rings. The van der Waals surface area contributed by atoms with E-state index < -0.39 is 0 Å². The Morgan fingerprint density at radius 2 is 2.00 bits per heavy atom. The monoisotopic (exact) mass is 285 g/mol. The molecule has 0 atom stereocenters. The average molecular weight is 285 g/mol. The van der Waals surface area contributed by atoms with Gasteiger partial charge >= 0.3 is 0 Å². The van der Waals surface area contributed by atoms with Crippen molar-refractivity contribution < 1.29 is 9.32 Å². The van der Waals surface area contributed by atoms with E-state index in [-0.39, 0.29) is 12.5 Å². The molecule has 3 aromatic heterocycles. The van der Waals surface area contributed by atoms with Gasteiger partial charge in [-0.15, -0.1) is 0 Å².